The maximum Gasteiger partial charge on any atom is 0.321 e. The molecular weight excluding hydrogens is 1520 g/mol. The molecule has 18 atom stereocenters. The van der Waals surface area contributed by atoms with E-state index in [1.807, 2.05) is 71.9 Å². The number of hydrogen-bond acceptors (Lipinski definition) is 27. The first-order valence-electron chi connectivity index (χ1n) is 41.1. The first kappa shape index (κ1) is 104. The summed E-state index contributed by atoms with van der Waals surface area (Å²) >= 11 is 0. The quantitative estimate of drug-likeness (QED) is 0.0278. The molecule has 3 rings (SSSR count). The van der Waals surface area contributed by atoms with Crippen LogP contribution in [0.15, 0.2) is 36.5 Å². The summed E-state index contributed by atoms with van der Waals surface area (Å²) in [5.74, 6) is -7.51. The maximum atomic E-state index is 14.8. The molecule has 117 heavy (non-hydrogen) atoms. The number of primary amides is 1. The van der Waals surface area contributed by atoms with Crippen LogP contribution in [0.5, 0.6) is 0 Å². The number of rotatable bonds is 63. The van der Waals surface area contributed by atoms with Gasteiger partial charge in [0.1, 0.15) is 66.5 Å². The molecule has 670 valence electrons. The van der Waals surface area contributed by atoms with Crippen molar-refractivity contribution in [2.24, 2.45) is 47.0 Å². The van der Waals surface area contributed by atoms with Crippen LogP contribution in [0.3, 0.4) is 0 Å². The summed E-state index contributed by atoms with van der Waals surface area (Å²) in [5, 5.41) is 100. The van der Waals surface area contributed by atoms with E-state index in [0.717, 1.165) is 5.56 Å². The van der Waals surface area contributed by atoms with Gasteiger partial charge >= 0.3 is 5.97 Å². The van der Waals surface area contributed by atoms with Crippen molar-refractivity contribution in [3.63, 3.8) is 0 Å². The minimum Gasteiger partial charge on any atom is -0.480 e. The lowest BCUT2D eigenvalue weighted by molar-refractivity contribution is -0.148. The first-order valence-corrected chi connectivity index (χ1v) is 41.1. The fourth-order valence-electron chi connectivity index (χ4n) is 14.2. The number of aromatic nitrogens is 3. The largest absolute Gasteiger partial charge is 0.480 e. The standard InChI is InChI=1S/C80H142N14O23/c1-16-52(10)69(64(111-14)42-66(99)94-29-22-26-61(94)72(112-15)53(11)74(103)86-59(80(109)110)41-54-23-18-17-19-24-54)92(13)79(108)67(50(6)7)88-78(107)68(51(8)9)91(12)44-62(96)70(100)71(101)63(97)47-117-46-55-43-93(90-89-55)30-32-114-34-36-116-38-37-115-35-33-113-31-27-65(98)83-58(40-49(4)5)76(105)87-60(45-95)77(106)84-56(25-20-21-28-81)75(104)85-57(73(82)102)39-48(2)3/h17-19,23-24,43,48-53,56-64,67-72,74,86,95-97,100-101,103H,16,20-22,25-42,44-47,81H2,1-15H3,(H2,82,102)(H,83,98)(H,84,106)(H,85,104)(H,87,105)(H,88,107)(H,109,110). The molecule has 8 amide bonds. The number of aliphatic carboxylic acids is 1. The van der Waals surface area contributed by atoms with Crippen molar-refractivity contribution in [3.05, 3.63) is 47.8 Å². The Morgan fingerprint density at radius 3 is 1.79 bits per heavy atom. The van der Waals surface area contributed by atoms with E-state index < -0.39 is 176 Å². The molecule has 0 radical (unpaired) electrons. The number of methoxy groups -OCH3 is 2. The van der Waals surface area contributed by atoms with E-state index in [-0.39, 0.29) is 128 Å². The molecule has 18 unspecified atom stereocenters. The lowest BCUT2D eigenvalue weighted by atomic mass is 9.89. The van der Waals surface area contributed by atoms with Gasteiger partial charge in [-0.25, -0.2) is 4.68 Å². The highest BCUT2D eigenvalue weighted by Gasteiger charge is 2.45. The summed E-state index contributed by atoms with van der Waals surface area (Å²) in [6, 6.07) is 0.197. The van der Waals surface area contributed by atoms with E-state index >= 15 is 0 Å². The van der Waals surface area contributed by atoms with E-state index in [1.54, 1.807) is 59.8 Å². The molecule has 2 aromatic rings. The highest BCUT2D eigenvalue weighted by molar-refractivity contribution is 5.95. The van der Waals surface area contributed by atoms with Crippen LogP contribution in [-0.2, 0) is 95.9 Å². The third kappa shape index (κ3) is 36.8. The Balaban J connectivity index is 1.40. The molecule has 17 N–H and O–H groups in total. The predicted molar refractivity (Wildman–Crippen MR) is 432 cm³/mol. The van der Waals surface area contributed by atoms with Crippen LogP contribution in [0.4, 0.5) is 0 Å². The summed E-state index contributed by atoms with van der Waals surface area (Å²) in [7, 11) is 6.15. The zero-order chi connectivity index (χ0) is 87.6. The van der Waals surface area contributed by atoms with Gasteiger partial charge in [0.2, 0.25) is 47.3 Å². The van der Waals surface area contributed by atoms with E-state index in [4.69, 9.17) is 44.6 Å². The molecule has 0 saturated carbocycles. The van der Waals surface area contributed by atoms with E-state index in [1.165, 1.54) is 28.7 Å². The van der Waals surface area contributed by atoms with E-state index in [9.17, 15) is 78.9 Å². The second kappa shape index (κ2) is 55.7. The Morgan fingerprint density at radius 1 is 0.667 bits per heavy atom. The van der Waals surface area contributed by atoms with Crippen LogP contribution in [-0.4, -0.2) is 330 Å². The lowest BCUT2D eigenvalue weighted by Crippen LogP contribution is -2.60. The van der Waals surface area contributed by atoms with Crippen LogP contribution in [0, 0.1) is 35.5 Å². The van der Waals surface area contributed by atoms with Crippen LogP contribution in [0.2, 0.25) is 0 Å². The second-order valence-electron chi connectivity index (χ2n) is 31.9. The molecule has 37 heteroatoms. The van der Waals surface area contributed by atoms with Crippen molar-refractivity contribution >= 4 is 53.2 Å². The lowest BCUT2D eigenvalue weighted by Gasteiger charge is -2.41. The Bertz CT molecular complexity index is 3220. The van der Waals surface area contributed by atoms with Crippen LogP contribution >= 0.6 is 0 Å². The highest BCUT2D eigenvalue weighted by Crippen LogP contribution is 2.31. The van der Waals surface area contributed by atoms with Gasteiger partial charge in [0, 0.05) is 46.7 Å². The van der Waals surface area contributed by atoms with Gasteiger partial charge in [-0.3, -0.25) is 53.4 Å². The van der Waals surface area contributed by atoms with Gasteiger partial charge in [-0.15, -0.1) is 5.10 Å². The Hall–Kier alpha value is -7.05. The SMILES string of the molecule is CCC(C)C(C(CC(=O)N1CCCC1C(OC)C(C)C(O)NC(Cc1ccccc1)C(=O)O)OC)N(C)C(=O)C(NC(=O)C(C(C)C)N(C)CC(O)C(O)C(O)C(O)COCc1cn(CCOCCOCCOCCOCCC(=O)NC(CC(C)C)C(=O)NC(CO)C(=O)NC(CCCCN)C(=O)NC(CC(C)C)C(N)=O)nn1)C(C)C. The topological polar surface area (TPSA) is 524 Å². The Morgan fingerprint density at radius 2 is 1.24 bits per heavy atom. The zero-order valence-electron chi connectivity index (χ0n) is 71.6. The van der Waals surface area contributed by atoms with E-state index in [0.29, 0.717) is 57.4 Å². The first-order chi connectivity index (χ1) is 55.5. The molecule has 1 saturated heterocycles. The number of carboxylic acid groups (broad SMARTS) is 1. The van der Waals surface area contributed by atoms with Gasteiger partial charge in [0.15, 0.2) is 0 Å². The van der Waals surface area contributed by atoms with Gasteiger partial charge in [-0.2, -0.15) is 0 Å². The third-order valence-corrected chi connectivity index (χ3v) is 20.8. The monoisotopic (exact) mass is 1670 g/mol. The molecule has 0 bridgehead atoms. The number of amides is 8. The van der Waals surface area contributed by atoms with Gasteiger partial charge in [0.25, 0.3) is 0 Å². The van der Waals surface area contributed by atoms with Gasteiger partial charge in [-0.1, -0.05) is 118 Å². The molecule has 1 aliphatic rings. The molecule has 1 aromatic heterocycles. The molecular formula is C80H142N14O23. The number of carbonyl (C=O) groups is 9. The maximum absolute atomic E-state index is 14.8. The van der Waals surface area contributed by atoms with Crippen molar-refractivity contribution in [2.75, 3.05) is 114 Å². The minimum atomic E-state index is -1.89. The molecule has 2 heterocycles. The number of likely N-dealkylation sites (tertiary alicyclic amines) is 1. The number of aliphatic hydroxyl groups excluding tert-OH is 6. The molecule has 0 spiro atoms. The van der Waals surface area contributed by atoms with Crippen LogP contribution in [0.25, 0.3) is 0 Å². The van der Waals surface area contributed by atoms with Gasteiger partial charge in [-0.05, 0) is 100 Å². The molecule has 1 aliphatic heterocycles. The fraction of sp³-hybridized carbons (Fsp3) is 0.787. The number of benzene rings is 1. The summed E-state index contributed by atoms with van der Waals surface area (Å²) in [6.45, 7) is 21.3. The van der Waals surface area contributed by atoms with Crippen LogP contribution < -0.4 is 43.4 Å². The average Bonchev–Trinajstić information content (AvgIpc) is 1.78. The summed E-state index contributed by atoms with van der Waals surface area (Å²) in [5.41, 5.74) is 12.3. The molecule has 0 aliphatic carbocycles. The molecule has 1 fully saturated rings. The number of carboxylic acids is 1. The predicted octanol–water partition coefficient (Wildman–Crippen LogP) is -1.05. The number of aliphatic hydroxyl groups is 6. The molecule has 1 aromatic carbocycles. The Labute approximate surface area is 690 Å². The minimum absolute atomic E-state index is 0.0178. The summed E-state index contributed by atoms with van der Waals surface area (Å²) in [4.78, 5) is 126. The average molecular weight is 1670 g/mol. The van der Waals surface area contributed by atoms with Crippen molar-refractivity contribution in [1.82, 2.24) is 61.6 Å². The third-order valence-electron chi connectivity index (χ3n) is 20.8. The number of likely N-dealkylation sites (N-methyl/N-ethyl adjacent to an activating group) is 2. The van der Waals surface area contributed by atoms with Crippen molar-refractivity contribution < 1.29 is 112 Å². The molecule has 37 nitrogen and oxygen atoms in total. The fourth-order valence-corrected chi connectivity index (χ4v) is 14.2. The zero-order valence-corrected chi connectivity index (χ0v) is 71.6. The van der Waals surface area contributed by atoms with Crippen molar-refractivity contribution in [3.8, 4) is 0 Å². The van der Waals surface area contributed by atoms with Gasteiger partial charge < -0.3 is 117 Å². The number of ether oxygens (including phenoxy) is 7. The number of unbranched alkanes of at least 4 members (excludes halogenated alkanes) is 1. The number of hydrogen-bond donors (Lipinski definition) is 15. The summed E-state index contributed by atoms with van der Waals surface area (Å²) < 4.78 is 41.5. The summed E-state index contributed by atoms with van der Waals surface area (Å²) in [6.07, 6.45) is -4.89. The number of nitrogens with one attached hydrogen (secondary N) is 6. The number of nitrogens with zero attached hydrogens (tertiary/aromatic N) is 6. The number of nitrogens with two attached hydrogens (primary N) is 2. The van der Waals surface area contributed by atoms with E-state index in [2.05, 4.69) is 42.2 Å². The van der Waals surface area contributed by atoms with Crippen LogP contribution in [0.1, 0.15) is 152 Å². The smallest absolute Gasteiger partial charge is 0.321 e. The van der Waals surface area contributed by atoms with Crippen molar-refractivity contribution in [2.45, 2.75) is 257 Å². The van der Waals surface area contributed by atoms with Crippen molar-refractivity contribution in [1.29, 1.82) is 0 Å². The number of carbonyl (C=O) groups excluding carboxylic acids is 8. The second-order valence-corrected chi connectivity index (χ2v) is 31.9. The normalized spacial score (nSPS) is 17.7. The van der Waals surface area contributed by atoms with Gasteiger partial charge in [0.05, 0.1) is 128 Å². The highest BCUT2D eigenvalue weighted by atomic mass is 16.6. The Kier molecular flexibility index (Phi) is 49.6.